The van der Waals surface area contributed by atoms with E-state index in [4.69, 9.17) is 0 Å². The third kappa shape index (κ3) is 3.92. The van der Waals surface area contributed by atoms with Gasteiger partial charge in [-0.25, -0.2) is 5.43 Å². The monoisotopic (exact) mass is 349 g/mol. The van der Waals surface area contributed by atoms with Gasteiger partial charge in [0.05, 0.1) is 12.3 Å². The Bertz CT molecular complexity index is 978. The molecule has 0 spiro atoms. The third-order valence-corrected chi connectivity index (χ3v) is 3.95. The van der Waals surface area contributed by atoms with Gasteiger partial charge >= 0.3 is 0 Å². The van der Waals surface area contributed by atoms with E-state index in [2.05, 4.69) is 15.8 Å². The van der Waals surface area contributed by atoms with Crippen molar-refractivity contribution in [2.24, 2.45) is 5.10 Å². The zero-order valence-corrected chi connectivity index (χ0v) is 14.2. The fourth-order valence-electron chi connectivity index (χ4n) is 2.61. The van der Waals surface area contributed by atoms with Crippen molar-refractivity contribution in [3.05, 3.63) is 66.2 Å². The first-order valence-electron chi connectivity index (χ1n) is 8.12. The minimum absolute atomic E-state index is 0.0105. The van der Waals surface area contributed by atoms with E-state index in [9.17, 15) is 15.0 Å². The number of nitrogens with zero attached hydrogens (tertiary/aromatic N) is 1. The molecule has 0 aromatic heterocycles. The third-order valence-electron chi connectivity index (χ3n) is 3.95. The van der Waals surface area contributed by atoms with Crippen molar-refractivity contribution in [1.82, 2.24) is 5.43 Å². The van der Waals surface area contributed by atoms with Crippen LogP contribution >= 0.6 is 0 Å². The van der Waals surface area contributed by atoms with E-state index in [0.29, 0.717) is 11.3 Å². The number of fused-ring (bicyclic) bond motifs is 1. The summed E-state index contributed by atoms with van der Waals surface area (Å²) in [6, 6.07) is 17.9. The van der Waals surface area contributed by atoms with Crippen LogP contribution in [0.3, 0.4) is 0 Å². The Balaban J connectivity index is 1.64. The van der Waals surface area contributed by atoms with Crippen LogP contribution in [0.25, 0.3) is 10.8 Å². The number of phenolic OH excluding ortho intramolecular Hbond substituents is 2. The summed E-state index contributed by atoms with van der Waals surface area (Å²) in [5.74, 6) is -0.333. The van der Waals surface area contributed by atoms with Gasteiger partial charge in [0.25, 0.3) is 5.91 Å². The largest absolute Gasteiger partial charge is 0.508 e. The summed E-state index contributed by atoms with van der Waals surface area (Å²) in [5, 5.41) is 28.5. The predicted octanol–water partition coefficient (Wildman–Crippen LogP) is 3.20. The standard InChI is InChI=1S/C20H19N3O3/c1-13(17-11-15(24)9-10-19(17)25)22-23-20(26)12-21-18-8-4-6-14-5-2-3-7-16(14)18/h2-11,21,24-25H,12H2,1H3,(H,23,26)/b22-13-. The molecule has 1 amide bonds. The first-order valence-corrected chi connectivity index (χ1v) is 8.12. The number of benzene rings is 3. The lowest BCUT2D eigenvalue weighted by Crippen LogP contribution is -2.26. The first-order chi connectivity index (χ1) is 12.5. The zero-order chi connectivity index (χ0) is 18.5. The average molecular weight is 349 g/mol. The molecule has 0 saturated heterocycles. The molecule has 3 aromatic rings. The number of aromatic hydroxyl groups is 2. The number of phenols is 2. The Morgan fingerprint density at radius 3 is 2.65 bits per heavy atom. The van der Waals surface area contributed by atoms with Gasteiger partial charge in [-0.3, -0.25) is 4.79 Å². The summed E-state index contributed by atoms with van der Waals surface area (Å²) in [5.41, 5.74) is 4.05. The quantitative estimate of drug-likeness (QED) is 0.323. The Morgan fingerprint density at radius 2 is 1.81 bits per heavy atom. The number of hydrogen-bond acceptors (Lipinski definition) is 5. The van der Waals surface area contributed by atoms with E-state index in [-0.39, 0.29) is 24.0 Å². The second kappa shape index (κ2) is 7.57. The van der Waals surface area contributed by atoms with Gasteiger partial charge in [0.2, 0.25) is 0 Å². The molecular weight excluding hydrogens is 330 g/mol. The van der Waals surface area contributed by atoms with E-state index < -0.39 is 0 Å². The number of carbonyl (C=O) groups is 1. The molecule has 6 nitrogen and oxygen atoms in total. The number of amides is 1. The van der Waals surface area contributed by atoms with Crippen LogP contribution in [0, 0.1) is 0 Å². The number of nitrogens with one attached hydrogen (secondary N) is 2. The molecule has 0 fully saturated rings. The predicted molar refractivity (Wildman–Crippen MR) is 103 cm³/mol. The molecule has 0 radical (unpaired) electrons. The number of hydrazone groups is 1. The molecule has 3 rings (SSSR count). The van der Waals surface area contributed by atoms with Crippen LogP contribution in [0.2, 0.25) is 0 Å². The highest BCUT2D eigenvalue weighted by molar-refractivity contribution is 6.02. The van der Waals surface area contributed by atoms with Gasteiger partial charge in [0, 0.05) is 16.6 Å². The molecule has 0 aliphatic rings. The number of hydrogen-bond donors (Lipinski definition) is 4. The fraction of sp³-hybridized carbons (Fsp3) is 0.100. The van der Waals surface area contributed by atoms with Crippen molar-refractivity contribution >= 4 is 28.1 Å². The van der Waals surface area contributed by atoms with E-state index in [1.807, 2.05) is 42.5 Å². The highest BCUT2D eigenvalue weighted by Gasteiger charge is 2.07. The Morgan fingerprint density at radius 1 is 1.04 bits per heavy atom. The summed E-state index contributed by atoms with van der Waals surface area (Å²) in [6.45, 7) is 1.68. The minimum Gasteiger partial charge on any atom is -0.508 e. The van der Waals surface area contributed by atoms with Crippen molar-refractivity contribution in [2.45, 2.75) is 6.92 Å². The molecule has 0 saturated carbocycles. The summed E-state index contributed by atoms with van der Waals surface area (Å²) in [6.07, 6.45) is 0. The van der Waals surface area contributed by atoms with E-state index in [0.717, 1.165) is 16.5 Å². The van der Waals surface area contributed by atoms with Gasteiger partial charge in [0.1, 0.15) is 11.5 Å². The summed E-state index contributed by atoms with van der Waals surface area (Å²) >= 11 is 0. The molecule has 0 aliphatic heterocycles. The Kier molecular flexibility index (Phi) is 5.03. The number of carbonyl (C=O) groups excluding carboxylic acids is 1. The second-order valence-electron chi connectivity index (χ2n) is 5.81. The topological polar surface area (TPSA) is 94.0 Å². The summed E-state index contributed by atoms with van der Waals surface area (Å²) < 4.78 is 0. The van der Waals surface area contributed by atoms with Crippen molar-refractivity contribution in [2.75, 3.05) is 11.9 Å². The molecule has 4 N–H and O–H groups in total. The normalized spacial score (nSPS) is 11.3. The maximum absolute atomic E-state index is 12.0. The van der Waals surface area contributed by atoms with Crippen molar-refractivity contribution in [3.63, 3.8) is 0 Å². The van der Waals surface area contributed by atoms with Crippen molar-refractivity contribution < 1.29 is 15.0 Å². The summed E-state index contributed by atoms with van der Waals surface area (Å²) in [7, 11) is 0. The van der Waals surface area contributed by atoms with Crippen molar-refractivity contribution in [3.8, 4) is 11.5 Å². The van der Waals surface area contributed by atoms with E-state index in [1.165, 1.54) is 18.2 Å². The molecule has 0 heterocycles. The van der Waals surface area contributed by atoms with Crippen LogP contribution in [-0.4, -0.2) is 28.4 Å². The second-order valence-corrected chi connectivity index (χ2v) is 5.81. The molecule has 132 valence electrons. The first kappa shape index (κ1) is 17.3. The smallest absolute Gasteiger partial charge is 0.259 e. The molecule has 0 atom stereocenters. The lowest BCUT2D eigenvalue weighted by Gasteiger charge is -2.09. The molecule has 0 unspecified atom stereocenters. The van der Waals surface area contributed by atoms with Crippen LogP contribution in [0.1, 0.15) is 12.5 Å². The molecule has 0 aliphatic carbocycles. The van der Waals surface area contributed by atoms with Crippen LogP contribution < -0.4 is 10.7 Å². The van der Waals surface area contributed by atoms with E-state index in [1.54, 1.807) is 6.92 Å². The van der Waals surface area contributed by atoms with Gasteiger partial charge in [-0.05, 0) is 36.6 Å². The van der Waals surface area contributed by atoms with E-state index >= 15 is 0 Å². The van der Waals surface area contributed by atoms with Crippen molar-refractivity contribution in [1.29, 1.82) is 0 Å². The Hall–Kier alpha value is -3.54. The molecule has 26 heavy (non-hydrogen) atoms. The molecule has 0 bridgehead atoms. The maximum atomic E-state index is 12.0. The maximum Gasteiger partial charge on any atom is 0.259 e. The number of rotatable bonds is 5. The van der Waals surface area contributed by atoms with Gasteiger partial charge in [-0.2, -0.15) is 5.10 Å². The lowest BCUT2D eigenvalue weighted by atomic mass is 10.1. The summed E-state index contributed by atoms with van der Waals surface area (Å²) in [4.78, 5) is 12.0. The van der Waals surface area contributed by atoms with Gasteiger partial charge in [-0.1, -0.05) is 36.4 Å². The van der Waals surface area contributed by atoms with Crippen LogP contribution in [0.5, 0.6) is 11.5 Å². The highest BCUT2D eigenvalue weighted by Crippen LogP contribution is 2.23. The number of anilines is 1. The van der Waals surface area contributed by atoms with Gasteiger partial charge in [0.15, 0.2) is 0 Å². The zero-order valence-electron chi connectivity index (χ0n) is 14.2. The molecular formula is C20H19N3O3. The Labute approximate surface area is 150 Å². The van der Waals surface area contributed by atoms with Crippen LogP contribution in [0.4, 0.5) is 5.69 Å². The highest BCUT2D eigenvalue weighted by atomic mass is 16.3. The lowest BCUT2D eigenvalue weighted by molar-refractivity contribution is -0.119. The van der Waals surface area contributed by atoms with Crippen LogP contribution in [0.15, 0.2) is 65.8 Å². The SMILES string of the molecule is C/C(=N/NC(=O)CNc1cccc2ccccc12)c1cc(O)ccc1O. The minimum atomic E-state index is -0.322. The fourth-order valence-corrected chi connectivity index (χ4v) is 2.61. The average Bonchev–Trinajstić information content (AvgIpc) is 2.66. The van der Waals surface area contributed by atoms with Crippen LogP contribution in [-0.2, 0) is 4.79 Å². The molecule has 6 heteroatoms. The van der Waals surface area contributed by atoms with Gasteiger partial charge < -0.3 is 15.5 Å². The van der Waals surface area contributed by atoms with Gasteiger partial charge in [-0.15, -0.1) is 0 Å². The molecule has 3 aromatic carbocycles.